The second-order valence-corrected chi connectivity index (χ2v) is 7.55. The Kier molecular flexibility index (Phi) is 4.20. The smallest absolute Gasteiger partial charge is 0.163 e. The Labute approximate surface area is 149 Å². The number of anilines is 1. The molecule has 3 atom stereocenters. The number of aromatic nitrogens is 3. The Balaban J connectivity index is 1.64. The van der Waals surface area contributed by atoms with Crippen molar-refractivity contribution in [3.8, 4) is 11.4 Å². The first-order chi connectivity index (χ1) is 12.1. The number of aliphatic hydroxyl groups is 1. The highest BCUT2D eigenvalue weighted by Crippen LogP contribution is 2.45. The summed E-state index contributed by atoms with van der Waals surface area (Å²) in [5.41, 5.74) is 1.39. The highest BCUT2D eigenvalue weighted by atomic mass is 16.3. The fraction of sp³-hybridized carbons (Fsp3) is 0.550. The summed E-state index contributed by atoms with van der Waals surface area (Å²) in [6.07, 6.45) is 7.68. The van der Waals surface area contributed by atoms with Gasteiger partial charge in [-0.1, -0.05) is 13.3 Å². The van der Waals surface area contributed by atoms with Crippen molar-refractivity contribution in [1.29, 1.82) is 0 Å². The van der Waals surface area contributed by atoms with Crippen LogP contribution in [0.4, 0.5) is 5.82 Å². The fourth-order valence-corrected chi connectivity index (χ4v) is 4.59. The van der Waals surface area contributed by atoms with Crippen LogP contribution in [0, 0.1) is 18.8 Å². The summed E-state index contributed by atoms with van der Waals surface area (Å²) in [4.78, 5) is 15.9. The Hall–Kier alpha value is -2.01. The van der Waals surface area contributed by atoms with E-state index >= 15 is 0 Å². The van der Waals surface area contributed by atoms with Gasteiger partial charge in [0, 0.05) is 48.7 Å². The molecule has 0 bridgehead atoms. The monoisotopic (exact) mass is 338 g/mol. The van der Waals surface area contributed by atoms with E-state index in [2.05, 4.69) is 27.9 Å². The Morgan fingerprint density at radius 1 is 1.32 bits per heavy atom. The molecule has 0 radical (unpaired) electrons. The van der Waals surface area contributed by atoms with Crippen molar-refractivity contribution in [3.05, 3.63) is 36.3 Å². The lowest BCUT2D eigenvalue weighted by Crippen LogP contribution is -2.44. The van der Waals surface area contributed by atoms with Gasteiger partial charge in [0.1, 0.15) is 5.82 Å². The van der Waals surface area contributed by atoms with Gasteiger partial charge >= 0.3 is 0 Å². The van der Waals surface area contributed by atoms with Crippen molar-refractivity contribution >= 4 is 5.82 Å². The lowest BCUT2D eigenvalue weighted by Gasteiger charge is -2.40. The minimum absolute atomic E-state index is 0.350. The van der Waals surface area contributed by atoms with Gasteiger partial charge in [0.25, 0.3) is 0 Å². The van der Waals surface area contributed by atoms with Gasteiger partial charge in [0.15, 0.2) is 5.82 Å². The number of rotatable bonds is 3. The lowest BCUT2D eigenvalue weighted by molar-refractivity contribution is -0.0597. The lowest BCUT2D eigenvalue weighted by atomic mass is 9.69. The predicted molar refractivity (Wildman–Crippen MR) is 98.3 cm³/mol. The molecule has 2 aromatic rings. The van der Waals surface area contributed by atoms with E-state index in [1.54, 1.807) is 12.4 Å². The Bertz CT molecular complexity index is 751. The molecule has 0 aromatic carbocycles. The van der Waals surface area contributed by atoms with Gasteiger partial charge in [-0.2, -0.15) is 0 Å². The summed E-state index contributed by atoms with van der Waals surface area (Å²) in [5.74, 6) is 2.61. The Morgan fingerprint density at radius 3 is 2.96 bits per heavy atom. The van der Waals surface area contributed by atoms with Gasteiger partial charge in [-0.05, 0) is 44.2 Å². The molecule has 0 unspecified atom stereocenters. The van der Waals surface area contributed by atoms with Gasteiger partial charge in [-0.3, -0.25) is 4.98 Å². The van der Waals surface area contributed by atoms with Crippen molar-refractivity contribution in [1.82, 2.24) is 15.0 Å². The van der Waals surface area contributed by atoms with E-state index in [-0.39, 0.29) is 0 Å². The molecule has 1 N–H and O–H groups in total. The van der Waals surface area contributed by atoms with Crippen LogP contribution in [0.1, 0.15) is 38.3 Å². The fourth-order valence-electron chi connectivity index (χ4n) is 4.59. The van der Waals surface area contributed by atoms with Crippen molar-refractivity contribution in [3.63, 3.8) is 0 Å². The molecule has 1 saturated carbocycles. The van der Waals surface area contributed by atoms with Crippen molar-refractivity contribution in [2.75, 3.05) is 18.0 Å². The van der Waals surface area contributed by atoms with E-state index in [0.717, 1.165) is 55.3 Å². The molecule has 0 amide bonds. The second kappa shape index (κ2) is 6.37. The molecule has 1 aliphatic heterocycles. The summed E-state index contributed by atoms with van der Waals surface area (Å²) in [7, 11) is 0. The molecule has 0 spiro atoms. The van der Waals surface area contributed by atoms with Gasteiger partial charge in [0.05, 0.1) is 5.60 Å². The van der Waals surface area contributed by atoms with Crippen LogP contribution in [0.5, 0.6) is 0 Å². The number of aryl methyl sites for hydroxylation is 1. The van der Waals surface area contributed by atoms with Gasteiger partial charge in [-0.25, -0.2) is 9.97 Å². The van der Waals surface area contributed by atoms with Gasteiger partial charge in [-0.15, -0.1) is 0 Å². The minimum Gasteiger partial charge on any atom is -0.390 e. The maximum Gasteiger partial charge on any atom is 0.163 e. The third-order valence-corrected chi connectivity index (χ3v) is 6.01. The number of hydrogen-bond acceptors (Lipinski definition) is 5. The Morgan fingerprint density at radius 2 is 2.20 bits per heavy atom. The number of fused-ring (bicyclic) bond motifs is 1. The number of nitrogens with zero attached hydrogens (tertiary/aromatic N) is 4. The zero-order valence-electron chi connectivity index (χ0n) is 15.0. The molecule has 25 heavy (non-hydrogen) atoms. The van der Waals surface area contributed by atoms with Gasteiger partial charge < -0.3 is 10.0 Å². The molecule has 2 fully saturated rings. The van der Waals surface area contributed by atoms with Crippen LogP contribution >= 0.6 is 0 Å². The van der Waals surface area contributed by atoms with Crippen molar-refractivity contribution in [2.45, 2.75) is 45.1 Å². The normalized spacial score (nSPS) is 28.8. The summed E-state index contributed by atoms with van der Waals surface area (Å²) in [5, 5.41) is 11.0. The van der Waals surface area contributed by atoms with Gasteiger partial charge in [0.2, 0.25) is 0 Å². The molecule has 1 aliphatic carbocycles. The predicted octanol–water partition coefficient (Wildman–Crippen LogP) is 3.22. The highest BCUT2D eigenvalue weighted by Gasteiger charge is 2.48. The summed E-state index contributed by atoms with van der Waals surface area (Å²) in [6, 6.07) is 5.96. The average molecular weight is 338 g/mol. The van der Waals surface area contributed by atoms with Crippen molar-refractivity contribution < 1.29 is 5.11 Å². The van der Waals surface area contributed by atoms with Crippen molar-refractivity contribution in [2.24, 2.45) is 11.8 Å². The first-order valence-electron chi connectivity index (χ1n) is 9.32. The summed E-state index contributed by atoms with van der Waals surface area (Å²) < 4.78 is 0. The molecule has 4 rings (SSSR count). The zero-order chi connectivity index (χ0) is 17.4. The van der Waals surface area contributed by atoms with E-state index in [1.807, 2.05) is 19.1 Å². The molecule has 132 valence electrons. The third kappa shape index (κ3) is 3.01. The topological polar surface area (TPSA) is 62.1 Å². The van der Waals surface area contributed by atoms with E-state index < -0.39 is 5.60 Å². The van der Waals surface area contributed by atoms with E-state index in [9.17, 15) is 5.11 Å². The highest BCUT2D eigenvalue weighted by molar-refractivity contribution is 5.57. The number of hydrogen-bond donors (Lipinski definition) is 1. The first kappa shape index (κ1) is 16.5. The van der Waals surface area contributed by atoms with E-state index in [1.165, 1.54) is 6.42 Å². The molecule has 2 aromatic heterocycles. The standard InChI is InChI=1S/C20H26N4O/c1-3-20(25)8-4-6-16-12-24(13-17(16)20)18-10-14(2)22-19(23-18)15-7-5-9-21-11-15/h5,7,9-11,16-17,25H,3-4,6,8,12-13H2,1-2H3/t16-,17+,20-/m0/s1. The van der Waals surface area contributed by atoms with Crippen LogP contribution in [-0.4, -0.2) is 38.7 Å². The maximum atomic E-state index is 11.0. The molecule has 2 aliphatic rings. The zero-order valence-corrected chi connectivity index (χ0v) is 15.0. The van der Waals surface area contributed by atoms with E-state index in [0.29, 0.717) is 11.8 Å². The number of pyridine rings is 1. The first-order valence-corrected chi connectivity index (χ1v) is 9.32. The SMILES string of the molecule is CC[C@]1(O)CCC[C@H]2CN(c3cc(C)nc(-c4cccnc4)n3)C[C@H]21. The average Bonchev–Trinajstić information content (AvgIpc) is 3.08. The van der Waals surface area contributed by atoms with Crippen LogP contribution < -0.4 is 4.90 Å². The second-order valence-electron chi connectivity index (χ2n) is 7.55. The molecule has 5 nitrogen and oxygen atoms in total. The maximum absolute atomic E-state index is 11.0. The minimum atomic E-state index is -0.508. The molecular formula is C20H26N4O. The third-order valence-electron chi connectivity index (χ3n) is 6.01. The quantitative estimate of drug-likeness (QED) is 0.931. The van der Waals surface area contributed by atoms with Crippen LogP contribution in [-0.2, 0) is 0 Å². The largest absolute Gasteiger partial charge is 0.390 e. The molecule has 1 saturated heterocycles. The summed E-state index contributed by atoms with van der Waals surface area (Å²) >= 11 is 0. The molecular weight excluding hydrogens is 312 g/mol. The van der Waals surface area contributed by atoms with Crippen LogP contribution in [0.15, 0.2) is 30.6 Å². The molecule has 5 heteroatoms. The van der Waals surface area contributed by atoms with Crippen LogP contribution in [0.25, 0.3) is 11.4 Å². The summed E-state index contributed by atoms with van der Waals surface area (Å²) in [6.45, 7) is 5.99. The van der Waals surface area contributed by atoms with Crippen LogP contribution in [0.2, 0.25) is 0 Å². The van der Waals surface area contributed by atoms with E-state index in [4.69, 9.17) is 4.98 Å². The van der Waals surface area contributed by atoms with Crippen LogP contribution in [0.3, 0.4) is 0 Å². The molecule has 3 heterocycles.